The molecule has 3 aromatic rings. The average molecular weight is 340 g/mol. The van der Waals surface area contributed by atoms with Crippen LogP contribution in [0.15, 0.2) is 46.9 Å². The molecule has 0 unspecified atom stereocenters. The number of pyridine rings is 1. The Morgan fingerprint density at radius 1 is 1.19 bits per heavy atom. The van der Waals surface area contributed by atoms with Crippen LogP contribution in [0.1, 0.15) is 21.5 Å². The van der Waals surface area contributed by atoms with Gasteiger partial charge >= 0.3 is 5.97 Å². The first-order valence-electron chi connectivity index (χ1n) is 6.59. The minimum Gasteiger partial charge on any atom is -0.478 e. The third kappa shape index (κ3) is 1.79. The summed E-state index contributed by atoms with van der Waals surface area (Å²) in [4.78, 5) is 16.4. The number of rotatable bonds is 1. The van der Waals surface area contributed by atoms with Crippen LogP contribution in [0.25, 0.3) is 22.2 Å². The largest absolute Gasteiger partial charge is 0.478 e. The number of nitrogens with zero attached hydrogens (tertiary/aromatic N) is 1. The summed E-state index contributed by atoms with van der Waals surface area (Å²) >= 11 is 3.46. The van der Waals surface area contributed by atoms with E-state index in [0.717, 1.165) is 32.4 Å². The van der Waals surface area contributed by atoms with Crippen LogP contribution >= 0.6 is 15.9 Å². The number of hydrogen-bond acceptors (Lipinski definition) is 2. The van der Waals surface area contributed by atoms with Crippen molar-refractivity contribution in [3.05, 3.63) is 63.6 Å². The normalized spacial score (nSPS) is 12.2. The maximum atomic E-state index is 11.8. The lowest BCUT2D eigenvalue weighted by Gasteiger charge is -2.08. The Labute approximate surface area is 129 Å². The van der Waals surface area contributed by atoms with Crippen molar-refractivity contribution < 1.29 is 9.90 Å². The second-order valence-electron chi connectivity index (χ2n) is 5.11. The molecule has 2 aromatic carbocycles. The van der Waals surface area contributed by atoms with E-state index >= 15 is 0 Å². The Morgan fingerprint density at radius 3 is 2.81 bits per heavy atom. The highest BCUT2D eigenvalue weighted by Crippen LogP contribution is 2.40. The predicted molar refractivity (Wildman–Crippen MR) is 84.6 cm³/mol. The van der Waals surface area contributed by atoms with Gasteiger partial charge in [-0.05, 0) is 29.3 Å². The van der Waals surface area contributed by atoms with Crippen LogP contribution in [-0.2, 0) is 6.42 Å². The van der Waals surface area contributed by atoms with Gasteiger partial charge in [-0.2, -0.15) is 0 Å². The molecule has 0 aliphatic heterocycles. The minimum atomic E-state index is -0.892. The first-order valence-corrected chi connectivity index (χ1v) is 7.38. The number of halogens is 1. The number of fused-ring (bicyclic) bond motifs is 4. The molecule has 1 heterocycles. The molecule has 3 nitrogen and oxygen atoms in total. The molecule has 1 aliphatic rings. The lowest BCUT2D eigenvalue weighted by Crippen LogP contribution is -2.04. The summed E-state index contributed by atoms with van der Waals surface area (Å²) < 4.78 is 0.996. The van der Waals surface area contributed by atoms with Crippen molar-refractivity contribution in [2.24, 2.45) is 0 Å². The Kier molecular flexibility index (Phi) is 2.62. The van der Waals surface area contributed by atoms with Gasteiger partial charge in [0, 0.05) is 21.8 Å². The molecule has 0 saturated heterocycles. The van der Waals surface area contributed by atoms with E-state index in [9.17, 15) is 9.90 Å². The summed E-state index contributed by atoms with van der Waals surface area (Å²) in [5, 5.41) is 10.3. The zero-order valence-electron chi connectivity index (χ0n) is 10.9. The fourth-order valence-corrected chi connectivity index (χ4v) is 3.43. The van der Waals surface area contributed by atoms with Crippen molar-refractivity contribution in [3.63, 3.8) is 0 Å². The second-order valence-corrected chi connectivity index (χ2v) is 6.03. The maximum absolute atomic E-state index is 11.8. The zero-order chi connectivity index (χ0) is 14.6. The molecule has 0 amide bonds. The van der Waals surface area contributed by atoms with Crippen molar-refractivity contribution in [1.29, 1.82) is 0 Å². The highest BCUT2D eigenvalue weighted by Gasteiger charge is 2.27. The van der Waals surface area contributed by atoms with Gasteiger partial charge in [0.2, 0.25) is 0 Å². The van der Waals surface area contributed by atoms with Crippen molar-refractivity contribution >= 4 is 32.8 Å². The molecule has 1 N–H and O–H groups in total. The standard InChI is InChI=1S/C17H10BrNO2/c18-10-5-6-11-9(7-10)8-13-15(17(20)21)12-3-1-2-4-14(12)19-16(11)13/h1-7H,8H2,(H,20,21). The lowest BCUT2D eigenvalue weighted by molar-refractivity contribution is 0.0698. The van der Waals surface area contributed by atoms with Crippen molar-refractivity contribution in [2.75, 3.05) is 0 Å². The van der Waals surface area contributed by atoms with Gasteiger partial charge in [0.15, 0.2) is 0 Å². The van der Waals surface area contributed by atoms with E-state index in [1.807, 2.05) is 42.5 Å². The van der Waals surface area contributed by atoms with Crippen LogP contribution in [0.2, 0.25) is 0 Å². The number of carboxylic acid groups (broad SMARTS) is 1. The van der Waals surface area contributed by atoms with Gasteiger partial charge < -0.3 is 5.11 Å². The van der Waals surface area contributed by atoms with Gasteiger partial charge in [-0.15, -0.1) is 0 Å². The molecule has 1 aliphatic carbocycles. The maximum Gasteiger partial charge on any atom is 0.336 e. The molecule has 0 spiro atoms. The number of benzene rings is 2. The number of aromatic nitrogens is 1. The monoisotopic (exact) mass is 339 g/mol. The summed E-state index contributed by atoms with van der Waals surface area (Å²) in [6, 6.07) is 13.4. The van der Waals surface area contributed by atoms with Crippen molar-refractivity contribution in [1.82, 2.24) is 4.98 Å². The van der Waals surface area contributed by atoms with Crippen LogP contribution in [-0.4, -0.2) is 16.1 Å². The molecule has 0 fully saturated rings. The highest BCUT2D eigenvalue weighted by molar-refractivity contribution is 9.10. The molecule has 0 atom stereocenters. The molecule has 0 radical (unpaired) electrons. The zero-order valence-corrected chi connectivity index (χ0v) is 12.5. The minimum absolute atomic E-state index is 0.378. The van der Waals surface area contributed by atoms with Gasteiger partial charge in [-0.1, -0.05) is 40.2 Å². The first kappa shape index (κ1) is 12.5. The van der Waals surface area contributed by atoms with E-state index in [4.69, 9.17) is 4.98 Å². The summed E-state index contributed by atoms with van der Waals surface area (Å²) in [6.45, 7) is 0. The van der Waals surface area contributed by atoms with Gasteiger partial charge in [-0.25, -0.2) is 9.78 Å². The smallest absolute Gasteiger partial charge is 0.336 e. The number of aromatic carboxylic acids is 1. The third-order valence-corrected chi connectivity index (χ3v) is 4.39. The van der Waals surface area contributed by atoms with E-state index in [-0.39, 0.29) is 0 Å². The Morgan fingerprint density at radius 2 is 2.00 bits per heavy atom. The Bertz CT molecular complexity index is 918. The molecule has 4 heteroatoms. The van der Waals surface area contributed by atoms with E-state index in [1.54, 1.807) is 0 Å². The van der Waals surface area contributed by atoms with E-state index in [2.05, 4.69) is 15.9 Å². The molecule has 102 valence electrons. The van der Waals surface area contributed by atoms with Crippen LogP contribution in [0.5, 0.6) is 0 Å². The molecule has 0 saturated carbocycles. The SMILES string of the molecule is O=C(O)c1c2c(nc3ccccc13)-c1ccc(Br)cc1C2. The molecular weight excluding hydrogens is 330 g/mol. The van der Waals surface area contributed by atoms with E-state index < -0.39 is 5.97 Å². The van der Waals surface area contributed by atoms with E-state index in [0.29, 0.717) is 17.4 Å². The Balaban J connectivity index is 2.12. The fourth-order valence-electron chi connectivity index (χ4n) is 3.02. The molecule has 0 bridgehead atoms. The quantitative estimate of drug-likeness (QED) is 0.563. The second kappa shape index (κ2) is 4.40. The van der Waals surface area contributed by atoms with Crippen LogP contribution in [0, 0.1) is 0 Å². The summed E-state index contributed by atoms with van der Waals surface area (Å²) in [6.07, 6.45) is 0.615. The molecular formula is C17H10BrNO2. The first-order chi connectivity index (χ1) is 10.1. The topological polar surface area (TPSA) is 50.2 Å². The van der Waals surface area contributed by atoms with Gasteiger partial charge in [0.25, 0.3) is 0 Å². The van der Waals surface area contributed by atoms with Crippen molar-refractivity contribution in [2.45, 2.75) is 6.42 Å². The third-order valence-electron chi connectivity index (χ3n) is 3.90. The molecule has 4 rings (SSSR count). The molecule has 21 heavy (non-hydrogen) atoms. The lowest BCUT2D eigenvalue weighted by atomic mass is 10.0. The van der Waals surface area contributed by atoms with Crippen molar-refractivity contribution in [3.8, 4) is 11.3 Å². The van der Waals surface area contributed by atoms with Gasteiger partial charge in [0.05, 0.1) is 16.8 Å². The van der Waals surface area contributed by atoms with E-state index in [1.165, 1.54) is 0 Å². The van der Waals surface area contributed by atoms with Crippen LogP contribution in [0.3, 0.4) is 0 Å². The average Bonchev–Trinajstić information content (AvgIpc) is 2.80. The highest BCUT2D eigenvalue weighted by atomic mass is 79.9. The van der Waals surface area contributed by atoms with Crippen LogP contribution in [0.4, 0.5) is 0 Å². The number of carbonyl (C=O) groups is 1. The molecule has 1 aromatic heterocycles. The number of hydrogen-bond donors (Lipinski definition) is 1. The fraction of sp³-hybridized carbons (Fsp3) is 0.0588. The number of para-hydroxylation sites is 1. The number of carboxylic acids is 1. The van der Waals surface area contributed by atoms with Gasteiger partial charge in [-0.3, -0.25) is 0 Å². The predicted octanol–water partition coefficient (Wildman–Crippen LogP) is 4.27. The Hall–Kier alpha value is -2.20. The van der Waals surface area contributed by atoms with Gasteiger partial charge in [0.1, 0.15) is 0 Å². The summed E-state index contributed by atoms with van der Waals surface area (Å²) in [5.41, 5.74) is 4.86. The summed E-state index contributed by atoms with van der Waals surface area (Å²) in [5.74, 6) is -0.892. The summed E-state index contributed by atoms with van der Waals surface area (Å²) in [7, 11) is 0. The van der Waals surface area contributed by atoms with Crippen LogP contribution < -0.4 is 0 Å².